The first-order valence-corrected chi connectivity index (χ1v) is 8.98. The van der Waals surface area contributed by atoms with E-state index in [0.29, 0.717) is 0 Å². The van der Waals surface area contributed by atoms with Crippen LogP contribution in [0.5, 0.6) is 0 Å². The number of hydrogen-bond donors (Lipinski definition) is 1. The average molecular weight is 374 g/mol. The summed E-state index contributed by atoms with van der Waals surface area (Å²) < 4.78 is 0. The summed E-state index contributed by atoms with van der Waals surface area (Å²) in [7, 11) is 0. The zero-order chi connectivity index (χ0) is 18.8. The molecule has 2 aromatic heterocycles. The largest absolute Gasteiger partial charge is 0.393 e. The number of aliphatic hydroxyl groups is 1. The van der Waals surface area contributed by atoms with E-state index in [4.69, 9.17) is 11.6 Å². The van der Waals surface area contributed by atoms with E-state index in [1.54, 1.807) is 12.4 Å². The third kappa shape index (κ3) is 6.54. The van der Waals surface area contributed by atoms with E-state index in [9.17, 15) is 5.11 Å². The molecule has 0 atom stereocenters. The Morgan fingerprint density at radius 2 is 1.38 bits per heavy atom. The lowest BCUT2D eigenvalue weighted by Crippen LogP contribution is -2.36. The van der Waals surface area contributed by atoms with E-state index in [-0.39, 0.29) is 11.4 Å². The zero-order valence-electron chi connectivity index (χ0n) is 15.1. The van der Waals surface area contributed by atoms with Crippen LogP contribution in [0.1, 0.15) is 37.8 Å². The first kappa shape index (κ1) is 20.0. The highest BCUT2D eigenvalue weighted by Crippen LogP contribution is 2.15. The lowest BCUT2D eigenvalue weighted by molar-refractivity contribution is 0.145. The van der Waals surface area contributed by atoms with Crippen LogP contribution >= 0.6 is 11.6 Å². The number of piperidine rings is 1. The van der Waals surface area contributed by atoms with Gasteiger partial charge in [0, 0.05) is 49.0 Å². The molecule has 0 radical (unpaired) electrons. The van der Waals surface area contributed by atoms with Crippen LogP contribution in [0, 0.1) is 0 Å². The molecule has 0 unspecified atom stereocenters. The van der Waals surface area contributed by atoms with Gasteiger partial charge in [0.2, 0.25) is 11.2 Å². The van der Waals surface area contributed by atoms with E-state index in [0.717, 1.165) is 43.0 Å². The molecule has 1 saturated heterocycles. The van der Waals surface area contributed by atoms with Crippen molar-refractivity contribution in [1.29, 1.82) is 0 Å². The summed E-state index contributed by atoms with van der Waals surface area (Å²) in [6, 6.07) is 0. The highest BCUT2D eigenvalue weighted by molar-refractivity contribution is 6.28. The molecule has 2 aromatic rings. The first-order chi connectivity index (χ1) is 12.6. The molecule has 0 bridgehead atoms. The molecule has 26 heavy (non-hydrogen) atoms. The predicted octanol–water partition coefficient (Wildman–Crippen LogP) is 3.63. The van der Waals surface area contributed by atoms with Crippen LogP contribution in [0.15, 0.2) is 36.9 Å². The Hall–Kier alpha value is -2.31. The van der Waals surface area contributed by atoms with Gasteiger partial charge in [0.1, 0.15) is 0 Å². The van der Waals surface area contributed by atoms with Gasteiger partial charge in [-0.25, -0.2) is 19.9 Å². The fraction of sp³-hybridized carbons (Fsp3) is 0.368. The third-order valence-electron chi connectivity index (χ3n) is 3.76. The summed E-state index contributed by atoms with van der Waals surface area (Å²) in [5.41, 5.74) is 1.98. The molecule has 1 aliphatic rings. The van der Waals surface area contributed by atoms with Gasteiger partial charge in [0.05, 0.1) is 6.10 Å². The van der Waals surface area contributed by atoms with Gasteiger partial charge < -0.3 is 10.0 Å². The number of nitrogens with zero attached hydrogens (tertiary/aromatic N) is 5. The molecule has 6 nitrogen and oxygen atoms in total. The molecule has 1 fully saturated rings. The third-order valence-corrected chi connectivity index (χ3v) is 3.96. The summed E-state index contributed by atoms with van der Waals surface area (Å²) in [6.45, 7) is 5.59. The number of rotatable bonds is 3. The van der Waals surface area contributed by atoms with E-state index >= 15 is 0 Å². The first-order valence-electron chi connectivity index (χ1n) is 8.60. The average Bonchev–Trinajstić information content (AvgIpc) is 2.66. The molecule has 3 rings (SSSR count). The van der Waals surface area contributed by atoms with Crippen molar-refractivity contribution in [1.82, 2.24) is 19.9 Å². The minimum absolute atomic E-state index is 0.154. The van der Waals surface area contributed by atoms with Crippen LogP contribution < -0.4 is 4.90 Å². The lowest BCUT2D eigenvalue weighted by atomic mass is 10.1. The standard InChI is InChI=1S/C12H17N3O.C7H7ClN2/c1-2-3-10-8-13-12(14-9-10)15-6-4-11(16)5-7-15;1-2-3-6-4-9-7(8)10-5-6/h2-3,8-9,11,16H,4-7H2,1H3;2-5H,1H3/b2*3-2+. The van der Waals surface area contributed by atoms with Crippen LogP contribution in [-0.2, 0) is 0 Å². The monoisotopic (exact) mass is 373 g/mol. The molecule has 138 valence electrons. The molecule has 0 saturated carbocycles. The van der Waals surface area contributed by atoms with E-state index in [2.05, 4.69) is 24.8 Å². The maximum atomic E-state index is 9.41. The Morgan fingerprint density at radius 1 is 0.923 bits per heavy atom. The van der Waals surface area contributed by atoms with E-state index in [1.807, 2.05) is 50.5 Å². The summed E-state index contributed by atoms with van der Waals surface area (Å²) in [5, 5.41) is 9.70. The van der Waals surface area contributed by atoms with Crippen LogP contribution in [0.3, 0.4) is 0 Å². The minimum atomic E-state index is -0.154. The van der Waals surface area contributed by atoms with Gasteiger partial charge in [-0.15, -0.1) is 0 Å². The number of anilines is 1. The van der Waals surface area contributed by atoms with Gasteiger partial charge in [0.25, 0.3) is 0 Å². The number of aromatic nitrogens is 4. The summed E-state index contributed by atoms with van der Waals surface area (Å²) in [4.78, 5) is 18.4. The molecule has 0 amide bonds. The molecule has 3 heterocycles. The van der Waals surface area contributed by atoms with Gasteiger partial charge in [-0.1, -0.05) is 24.3 Å². The zero-order valence-corrected chi connectivity index (χ0v) is 15.8. The minimum Gasteiger partial charge on any atom is -0.393 e. The van der Waals surface area contributed by atoms with Crippen molar-refractivity contribution in [2.45, 2.75) is 32.8 Å². The molecular formula is C19H24ClN5O. The van der Waals surface area contributed by atoms with E-state index in [1.165, 1.54) is 0 Å². The van der Waals surface area contributed by atoms with E-state index < -0.39 is 0 Å². The quantitative estimate of drug-likeness (QED) is 0.828. The molecule has 0 aliphatic carbocycles. The van der Waals surface area contributed by atoms with Crippen LogP contribution in [0.25, 0.3) is 12.2 Å². The Bertz CT molecular complexity index is 708. The second-order valence-electron chi connectivity index (χ2n) is 5.82. The van der Waals surface area contributed by atoms with Gasteiger partial charge in [0.15, 0.2) is 0 Å². The number of allylic oxidation sites excluding steroid dienone is 2. The van der Waals surface area contributed by atoms with Crippen molar-refractivity contribution in [3.8, 4) is 0 Å². The fourth-order valence-corrected chi connectivity index (χ4v) is 2.54. The number of halogens is 1. The Morgan fingerprint density at radius 3 is 1.85 bits per heavy atom. The van der Waals surface area contributed by atoms with Gasteiger partial charge >= 0.3 is 0 Å². The molecular weight excluding hydrogens is 350 g/mol. The maximum absolute atomic E-state index is 9.41. The molecule has 0 aromatic carbocycles. The van der Waals surface area contributed by atoms with Crippen molar-refractivity contribution >= 4 is 29.7 Å². The number of hydrogen-bond acceptors (Lipinski definition) is 6. The second kappa shape index (κ2) is 10.6. The topological polar surface area (TPSA) is 75.0 Å². The smallest absolute Gasteiger partial charge is 0.225 e. The van der Waals surface area contributed by atoms with Gasteiger partial charge in [-0.3, -0.25) is 0 Å². The Balaban J connectivity index is 0.000000209. The molecule has 0 spiro atoms. The SMILES string of the molecule is C/C=C/c1cnc(Cl)nc1.C/C=C/c1cnc(N2CCC(O)CC2)nc1. The number of aliphatic hydroxyl groups excluding tert-OH is 1. The van der Waals surface area contributed by atoms with Gasteiger partial charge in [-0.05, 0) is 38.3 Å². The van der Waals surface area contributed by atoms with Crippen LogP contribution in [-0.4, -0.2) is 44.2 Å². The predicted molar refractivity (Wildman–Crippen MR) is 106 cm³/mol. The van der Waals surface area contributed by atoms with Crippen molar-refractivity contribution in [2.24, 2.45) is 0 Å². The molecule has 7 heteroatoms. The van der Waals surface area contributed by atoms with Gasteiger partial charge in [-0.2, -0.15) is 0 Å². The summed E-state index contributed by atoms with van der Waals surface area (Å²) >= 11 is 5.47. The van der Waals surface area contributed by atoms with Crippen molar-refractivity contribution < 1.29 is 5.11 Å². The second-order valence-corrected chi connectivity index (χ2v) is 6.16. The van der Waals surface area contributed by atoms with Crippen LogP contribution in [0.2, 0.25) is 5.28 Å². The van der Waals surface area contributed by atoms with Crippen molar-refractivity contribution in [2.75, 3.05) is 18.0 Å². The summed E-state index contributed by atoms with van der Waals surface area (Å²) in [5.74, 6) is 0.764. The molecule has 1 aliphatic heterocycles. The Labute approximate surface area is 159 Å². The lowest BCUT2D eigenvalue weighted by Gasteiger charge is -2.29. The van der Waals surface area contributed by atoms with Crippen molar-refractivity contribution in [3.05, 3.63) is 53.3 Å². The maximum Gasteiger partial charge on any atom is 0.225 e. The Kier molecular flexibility index (Phi) is 8.18. The normalized spacial score (nSPS) is 15.3. The van der Waals surface area contributed by atoms with Crippen molar-refractivity contribution in [3.63, 3.8) is 0 Å². The highest BCUT2D eigenvalue weighted by Gasteiger charge is 2.18. The highest BCUT2D eigenvalue weighted by atomic mass is 35.5. The van der Waals surface area contributed by atoms with Crippen LogP contribution in [0.4, 0.5) is 5.95 Å². The summed E-state index contributed by atoms with van der Waals surface area (Å²) in [6.07, 6.45) is 16.2. The molecule has 1 N–H and O–H groups in total. The fourth-order valence-electron chi connectivity index (χ4n) is 2.44.